The molecule has 1 saturated heterocycles. The summed E-state index contributed by atoms with van der Waals surface area (Å²) in [7, 11) is -3.57. The van der Waals surface area contributed by atoms with Crippen molar-refractivity contribution < 1.29 is 18.0 Å². The van der Waals surface area contributed by atoms with Gasteiger partial charge in [-0.25, -0.2) is 8.42 Å². The molecule has 2 aliphatic heterocycles. The molecule has 0 spiro atoms. The van der Waals surface area contributed by atoms with Crippen LogP contribution in [-0.2, 0) is 14.8 Å². The maximum atomic E-state index is 13.0. The maximum Gasteiger partial charge on any atom is 0.259 e. The first kappa shape index (κ1) is 19.7. The van der Waals surface area contributed by atoms with Crippen LogP contribution in [0.1, 0.15) is 10.4 Å². The van der Waals surface area contributed by atoms with Crippen molar-refractivity contribution in [2.24, 2.45) is 0 Å². The Balaban J connectivity index is 1.28. The van der Waals surface area contributed by atoms with E-state index >= 15 is 0 Å². The Kier molecular flexibility index (Phi) is 4.75. The summed E-state index contributed by atoms with van der Waals surface area (Å²) in [6, 6.07) is 19.6. The van der Waals surface area contributed by atoms with Crippen LogP contribution in [0.2, 0.25) is 0 Å². The van der Waals surface area contributed by atoms with Crippen LogP contribution in [0.4, 0.5) is 5.69 Å². The van der Waals surface area contributed by atoms with Gasteiger partial charge in [-0.2, -0.15) is 4.31 Å². The van der Waals surface area contributed by atoms with Crippen LogP contribution in [0.15, 0.2) is 71.6 Å². The predicted molar refractivity (Wildman–Crippen MR) is 117 cm³/mol. The van der Waals surface area contributed by atoms with Gasteiger partial charge in [0.25, 0.3) is 5.91 Å². The molecule has 0 unspecified atom stereocenters. The van der Waals surface area contributed by atoms with E-state index in [1.807, 2.05) is 30.3 Å². The molecule has 2 amide bonds. The molecule has 0 radical (unpaired) electrons. The standard InChI is InChI=1S/C23H21N3O4S/c27-21(16-26-20-11-5-7-17-6-4-10-19(22(17)20)23(26)28)24-12-14-25(15-13-24)31(29,30)18-8-2-1-3-9-18/h1-11H,12-16H2. The molecule has 31 heavy (non-hydrogen) atoms. The average Bonchev–Trinajstić information content (AvgIpc) is 3.08. The molecule has 3 aromatic carbocycles. The number of anilines is 1. The Morgan fingerprint density at radius 1 is 0.839 bits per heavy atom. The molecule has 0 bridgehead atoms. The molecule has 2 aliphatic rings. The van der Waals surface area contributed by atoms with Crippen molar-refractivity contribution in [1.82, 2.24) is 9.21 Å². The quantitative estimate of drug-likeness (QED) is 0.630. The normalized spacial score (nSPS) is 16.8. The Morgan fingerprint density at radius 3 is 2.23 bits per heavy atom. The molecule has 2 heterocycles. The molecule has 0 aromatic heterocycles. The van der Waals surface area contributed by atoms with E-state index in [0.29, 0.717) is 18.7 Å². The van der Waals surface area contributed by atoms with Crippen molar-refractivity contribution in [2.45, 2.75) is 4.90 Å². The Hall–Kier alpha value is -3.23. The number of hydrogen-bond acceptors (Lipinski definition) is 4. The first-order valence-electron chi connectivity index (χ1n) is 10.1. The molecule has 0 N–H and O–H groups in total. The van der Waals surface area contributed by atoms with E-state index in [9.17, 15) is 18.0 Å². The fourth-order valence-electron chi connectivity index (χ4n) is 4.29. The van der Waals surface area contributed by atoms with Gasteiger partial charge in [0, 0.05) is 37.1 Å². The van der Waals surface area contributed by atoms with E-state index < -0.39 is 10.0 Å². The summed E-state index contributed by atoms with van der Waals surface area (Å²) >= 11 is 0. The second-order valence-electron chi connectivity index (χ2n) is 7.67. The SMILES string of the molecule is O=C(CN1C(=O)c2cccc3cccc1c23)N1CCN(S(=O)(=O)c2ccccc2)CC1. The van der Waals surface area contributed by atoms with Gasteiger partial charge in [-0.1, -0.05) is 42.5 Å². The smallest absolute Gasteiger partial charge is 0.259 e. The van der Waals surface area contributed by atoms with Gasteiger partial charge in [0.1, 0.15) is 6.54 Å². The van der Waals surface area contributed by atoms with E-state index in [4.69, 9.17) is 0 Å². The lowest BCUT2D eigenvalue weighted by Gasteiger charge is -2.34. The number of benzene rings is 3. The van der Waals surface area contributed by atoms with Crippen molar-refractivity contribution in [2.75, 3.05) is 37.6 Å². The second-order valence-corrected chi connectivity index (χ2v) is 9.61. The minimum atomic E-state index is -3.57. The summed E-state index contributed by atoms with van der Waals surface area (Å²) in [4.78, 5) is 29.3. The van der Waals surface area contributed by atoms with Crippen molar-refractivity contribution in [3.63, 3.8) is 0 Å². The van der Waals surface area contributed by atoms with Crippen LogP contribution in [0.3, 0.4) is 0 Å². The Bertz CT molecular complexity index is 1280. The van der Waals surface area contributed by atoms with Gasteiger partial charge in [0.05, 0.1) is 10.6 Å². The molecule has 8 heteroatoms. The molecular weight excluding hydrogens is 414 g/mol. The summed E-state index contributed by atoms with van der Waals surface area (Å²) in [6.07, 6.45) is 0. The zero-order chi connectivity index (χ0) is 21.6. The highest BCUT2D eigenvalue weighted by molar-refractivity contribution is 7.89. The van der Waals surface area contributed by atoms with Gasteiger partial charge in [-0.3, -0.25) is 14.5 Å². The number of rotatable bonds is 4. The van der Waals surface area contributed by atoms with Crippen LogP contribution in [0.5, 0.6) is 0 Å². The van der Waals surface area contributed by atoms with Crippen LogP contribution in [-0.4, -0.2) is 62.2 Å². The monoisotopic (exact) mass is 435 g/mol. The fourth-order valence-corrected chi connectivity index (χ4v) is 5.73. The van der Waals surface area contributed by atoms with Gasteiger partial charge < -0.3 is 4.90 Å². The van der Waals surface area contributed by atoms with Crippen LogP contribution < -0.4 is 4.90 Å². The second kappa shape index (κ2) is 7.47. The molecule has 3 aromatic rings. The van der Waals surface area contributed by atoms with Crippen LogP contribution in [0, 0.1) is 0 Å². The molecule has 7 nitrogen and oxygen atoms in total. The number of carbonyl (C=O) groups is 2. The first-order valence-corrected chi connectivity index (χ1v) is 11.6. The van der Waals surface area contributed by atoms with E-state index in [-0.39, 0.29) is 36.3 Å². The minimum Gasteiger partial charge on any atom is -0.338 e. The van der Waals surface area contributed by atoms with E-state index in [2.05, 4.69) is 0 Å². The third kappa shape index (κ3) is 3.28. The minimum absolute atomic E-state index is 0.0575. The summed E-state index contributed by atoms with van der Waals surface area (Å²) in [5.41, 5.74) is 1.36. The molecule has 5 rings (SSSR count). The summed E-state index contributed by atoms with van der Waals surface area (Å²) < 4.78 is 27.0. The summed E-state index contributed by atoms with van der Waals surface area (Å²) in [5, 5.41) is 1.85. The van der Waals surface area contributed by atoms with E-state index in [1.54, 1.807) is 41.3 Å². The maximum absolute atomic E-state index is 13.0. The number of hydrogen-bond donors (Lipinski definition) is 0. The van der Waals surface area contributed by atoms with E-state index in [1.165, 1.54) is 9.21 Å². The van der Waals surface area contributed by atoms with Gasteiger partial charge in [-0.05, 0) is 29.7 Å². The zero-order valence-corrected chi connectivity index (χ0v) is 17.6. The predicted octanol–water partition coefficient (Wildman–Crippen LogP) is 2.33. The third-order valence-corrected chi connectivity index (χ3v) is 7.83. The number of nitrogens with zero attached hydrogens (tertiary/aromatic N) is 3. The number of sulfonamides is 1. The van der Waals surface area contributed by atoms with Gasteiger partial charge >= 0.3 is 0 Å². The van der Waals surface area contributed by atoms with Crippen LogP contribution >= 0.6 is 0 Å². The first-order chi connectivity index (χ1) is 15.0. The highest BCUT2D eigenvalue weighted by Crippen LogP contribution is 2.37. The van der Waals surface area contributed by atoms with Crippen molar-refractivity contribution in [1.29, 1.82) is 0 Å². The Labute approximate surface area is 180 Å². The molecule has 0 saturated carbocycles. The number of piperazine rings is 1. The molecule has 158 valence electrons. The van der Waals surface area contributed by atoms with Crippen molar-refractivity contribution in [3.05, 3.63) is 72.3 Å². The highest BCUT2D eigenvalue weighted by atomic mass is 32.2. The molecule has 1 fully saturated rings. The fraction of sp³-hybridized carbons (Fsp3) is 0.217. The van der Waals surface area contributed by atoms with E-state index in [0.717, 1.165) is 16.5 Å². The summed E-state index contributed by atoms with van der Waals surface area (Å²) in [6.45, 7) is 0.992. The van der Waals surface area contributed by atoms with Crippen molar-refractivity contribution >= 4 is 38.3 Å². The lowest BCUT2D eigenvalue weighted by molar-refractivity contribution is -0.130. The van der Waals surface area contributed by atoms with Gasteiger partial charge in [-0.15, -0.1) is 0 Å². The zero-order valence-electron chi connectivity index (χ0n) is 16.8. The topological polar surface area (TPSA) is 78.0 Å². The average molecular weight is 436 g/mol. The highest BCUT2D eigenvalue weighted by Gasteiger charge is 2.34. The third-order valence-electron chi connectivity index (χ3n) is 5.91. The number of carbonyl (C=O) groups excluding carboxylic acids is 2. The lowest BCUT2D eigenvalue weighted by Crippen LogP contribution is -2.52. The van der Waals surface area contributed by atoms with Gasteiger partial charge in [0.15, 0.2) is 0 Å². The molecule has 0 atom stereocenters. The van der Waals surface area contributed by atoms with Crippen LogP contribution in [0.25, 0.3) is 10.8 Å². The summed E-state index contributed by atoms with van der Waals surface area (Å²) in [5.74, 6) is -0.361. The Morgan fingerprint density at radius 2 is 1.52 bits per heavy atom. The molecular formula is C23H21N3O4S. The lowest BCUT2D eigenvalue weighted by atomic mass is 10.1. The van der Waals surface area contributed by atoms with Crippen molar-refractivity contribution in [3.8, 4) is 0 Å². The molecule has 0 aliphatic carbocycles. The number of amides is 2. The van der Waals surface area contributed by atoms with Gasteiger partial charge in [0.2, 0.25) is 15.9 Å². The largest absolute Gasteiger partial charge is 0.338 e.